The number of nitrogens with zero attached hydrogens (tertiary/aromatic N) is 4. The maximum atomic E-state index is 7.01. The number of hydrogen-bond donors (Lipinski definition) is 0. The molecule has 0 unspecified atom stereocenters. The van der Waals surface area contributed by atoms with Gasteiger partial charge >= 0.3 is 0 Å². The van der Waals surface area contributed by atoms with E-state index in [0.717, 1.165) is 56.4 Å². The highest BCUT2D eigenvalue weighted by Crippen LogP contribution is 2.44. The normalized spacial score (nSPS) is 13.6. The zero-order chi connectivity index (χ0) is 48.3. The Hall–Kier alpha value is -7.37. The molecule has 0 radical (unpaired) electrons. The number of ether oxygens (including phenoxy) is 1. The minimum Gasteiger partial charge on any atom is -0.457 e. The third kappa shape index (κ3) is 8.72. The summed E-state index contributed by atoms with van der Waals surface area (Å²) in [6.45, 7) is 23.6. The van der Waals surface area contributed by atoms with Crippen LogP contribution >= 0.6 is 0 Å². The monoisotopic (exact) mass is 905 g/mol. The molecule has 0 atom stereocenters. The van der Waals surface area contributed by atoms with E-state index in [2.05, 4.69) is 272 Å². The molecule has 7 aromatic carbocycles. The third-order valence-corrected chi connectivity index (χ3v) is 14.4. The van der Waals surface area contributed by atoms with E-state index in [0.29, 0.717) is 6.67 Å². The van der Waals surface area contributed by atoms with Gasteiger partial charge in [-0.3, -0.25) is 4.57 Å². The Morgan fingerprint density at radius 2 is 1.00 bits per heavy atom. The number of pyridine rings is 1. The summed E-state index contributed by atoms with van der Waals surface area (Å²) < 4.78 is 9.28. The van der Waals surface area contributed by atoms with E-state index < -0.39 is 0 Å². The van der Waals surface area contributed by atoms with Gasteiger partial charge in [0, 0.05) is 57.5 Å². The Balaban J connectivity index is 1.08. The molecular formula is C64H64N4O. The quantitative estimate of drug-likeness (QED) is 0.137. The largest absolute Gasteiger partial charge is 0.457 e. The van der Waals surface area contributed by atoms with Crippen LogP contribution in [0.15, 0.2) is 194 Å². The highest BCUT2D eigenvalue weighted by atomic mass is 16.5. The smallest absolute Gasteiger partial charge is 0.137 e. The molecule has 0 amide bonds. The second kappa shape index (κ2) is 17.3. The summed E-state index contributed by atoms with van der Waals surface area (Å²) >= 11 is 0. The van der Waals surface area contributed by atoms with E-state index in [-0.39, 0.29) is 21.7 Å². The van der Waals surface area contributed by atoms with Crippen molar-refractivity contribution in [1.29, 1.82) is 0 Å². The molecule has 0 spiro atoms. The summed E-state index contributed by atoms with van der Waals surface area (Å²) in [5.74, 6) is 2.46. The van der Waals surface area contributed by atoms with E-state index >= 15 is 0 Å². The first-order valence-corrected chi connectivity index (χ1v) is 24.4. The highest BCUT2D eigenvalue weighted by Gasteiger charge is 2.33. The Labute approximate surface area is 409 Å². The van der Waals surface area contributed by atoms with Crippen molar-refractivity contribution >= 4 is 38.9 Å². The minimum absolute atomic E-state index is 0.0184. The summed E-state index contributed by atoms with van der Waals surface area (Å²) in [5.41, 5.74) is 13.6. The Morgan fingerprint density at radius 1 is 0.435 bits per heavy atom. The van der Waals surface area contributed by atoms with Gasteiger partial charge in [0.05, 0.1) is 23.4 Å². The lowest BCUT2D eigenvalue weighted by Crippen LogP contribution is -2.29. The SMILES string of the molecule is CC(C)(C)c1cc(Oc2ccc3c4ccccc4n(-c4cc(C(C)(C)C)ccn4)c3c2)cc(N2C=C(c3ccccc3)N(c3cc(C(C)(C)c4ccccc4)cc(C(C)(C)c4ccccc4)c3)C2)c1. The maximum Gasteiger partial charge on any atom is 0.137 e. The van der Waals surface area contributed by atoms with Gasteiger partial charge in [0.2, 0.25) is 0 Å². The molecule has 1 aliphatic heterocycles. The number of rotatable bonds is 10. The zero-order valence-electron chi connectivity index (χ0n) is 41.9. The molecule has 0 saturated carbocycles. The first kappa shape index (κ1) is 45.4. The fraction of sp³-hybridized carbons (Fsp3) is 0.234. The zero-order valence-corrected chi connectivity index (χ0v) is 41.9. The summed E-state index contributed by atoms with van der Waals surface area (Å²) in [5, 5.41) is 2.34. The maximum absolute atomic E-state index is 7.01. The Morgan fingerprint density at radius 3 is 1.62 bits per heavy atom. The van der Waals surface area contributed by atoms with Crippen LogP contribution in [0.25, 0.3) is 33.3 Å². The van der Waals surface area contributed by atoms with Crippen LogP contribution < -0.4 is 14.5 Å². The number of hydrogen-bond acceptors (Lipinski definition) is 4. The molecule has 0 bridgehead atoms. The molecular weight excluding hydrogens is 841 g/mol. The van der Waals surface area contributed by atoms with Crippen LogP contribution in [0.4, 0.5) is 11.4 Å². The topological polar surface area (TPSA) is 33.5 Å². The number of para-hydroxylation sites is 1. The second-order valence-electron chi connectivity index (χ2n) is 21.9. The highest BCUT2D eigenvalue weighted by molar-refractivity contribution is 6.09. The molecule has 0 N–H and O–H groups in total. The first-order chi connectivity index (χ1) is 32.9. The summed E-state index contributed by atoms with van der Waals surface area (Å²) in [6.07, 6.45) is 4.25. The molecule has 10 rings (SSSR count). The Kier molecular flexibility index (Phi) is 11.4. The summed E-state index contributed by atoms with van der Waals surface area (Å²) in [7, 11) is 0. The molecule has 0 saturated heterocycles. The van der Waals surface area contributed by atoms with Crippen LogP contribution in [-0.2, 0) is 21.7 Å². The van der Waals surface area contributed by atoms with Crippen molar-refractivity contribution in [1.82, 2.24) is 9.55 Å². The molecule has 0 fully saturated rings. The molecule has 3 heterocycles. The van der Waals surface area contributed by atoms with E-state index in [1.54, 1.807) is 0 Å². The van der Waals surface area contributed by atoms with E-state index in [1.807, 2.05) is 6.20 Å². The second-order valence-corrected chi connectivity index (χ2v) is 21.9. The molecule has 2 aromatic heterocycles. The molecule has 1 aliphatic rings. The van der Waals surface area contributed by atoms with Crippen LogP contribution in [0.5, 0.6) is 11.5 Å². The average molecular weight is 905 g/mol. The average Bonchev–Trinajstić information content (AvgIpc) is 3.94. The lowest BCUT2D eigenvalue weighted by atomic mass is 9.73. The van der Waals surface area contributed by atoms with Gasteiger partial charge in [0.15, 0.2) is 0 Å². The lowest BCUT2D eigenvalue weighted by Gasteiger charge is -2.34. The standard InChI is InChI=1S/C64H64N4O/c1-61(2,3)47-32-33-65-60(39-47)68-57-29-21-20-28-55(57)56-31-30-53(41-58(56)68)69-54-38-48(62(4,5)6)35-51(40-54)66-42-59(44-22-14-11-15-23-44)67(43-66)52-36-49(63(7,8)45-24-16-12-17-25-45)34-50(37-52)64(9,10)46-26-18-13-19-27-46/h11-42H,43H2,1-10H3. The van der Waals surface area contributed by atoms with Crippen molar-refractivity contribution in [2.75, 3.05) is 16.5 Å². The fourth-order valence-corrected chi connectivity index (χ4v) is 9.88. The van der Waals surface area contributed by atoms with Gasteiger partial charge in [0.1, 0.15) is 17.3 Å². The van der Waals surface area contributed by atoms with Gasteiger partial charge < -0.3 is 14.5 Å². The van der Waals surface area contributed by atoms with Crippen molar-refractivity contribution < 1.29 is 4.74 Å². The fourth-order valence-electron chi connectivity index (χ4n) is 9.88. The molecule has 9 aromatic rings. The van der Waals surface area contributed by atoms with Crippen LogP contribution in [0.3, 0.4) is 0 Å². The van der Waals surface area contributed by atoms with Crippen LogP contribution in [0.2, 0.25) is 0 Å². The van der Waals surface area contributed by atoms with Gasteiger partial charge in [-0.15, -0.1) is 0 Å². The third-order valence-electron chi connectivity index (χ3n) is 14.4. The Bertz CT molecular complexity index is 3280. The van der Waals surface area contributed by atoms with Gasteiger partial charge in [0.25, 0.3) is 0 Å². The molecule has 0 aliphatic carbocycles. The van der Waals surface area contributed by atoms with Gasteiger partial charge in [-0.2, -0.15) is 0 Å². The number of fused-ring (bicyclic) bond motifs is 3. The van der Waals surface area contributed by atoms with E-state index in [9.17, 15) is 0 Å². The number of anilines is 2. The van der Waals surface area contributed by atoms with Crippen LogP contribution in [-0.4, -0.2) is 16.2 Å². The van der Waals surface area contributed by atoms with Crippen molar-refractivity contribution in [3.8, 4) is 17.3 Å². The van der Waals surface area contributed by atoms with Crippen LogP contribution in [0.1, 0.15) is 108 Å². The van der Waals surface area contributed by atoms with Crippen molar-refractivity contribution in [3.05, 3.63) is 233 Å². The summed E-state index contributed by atoms with van der Waals surface area (Å²) in [4.78, 5) is 9.80. The van der Waals surface area contributed by atoms with Crippen LogP contribution in [0, 0.1) is 0 Å². The van der Waals surface area contributed by atoms with Crippen molar-refractivity contribution in [2.24, 2.45) is 0 Å². The number of benzene rings is 7. The van der Waals surface area contributed by atoms with E-state index in [1.165, 1.54) is 38.8 Å². The molecule has 5 heteroatoms. The van der Waals surface area contributed by atoms with Gasteiger partial charge in [-0.1, -0.05) is 184 Å². The molecule has 346 valence electrons. The first-order valence-electron chi connectivity index (χ1n) is 24.4. The van der Waals surface area contributed by atoms with Crippen molar-refractivity contribution in [2.45, 2.75) is 90.9 Å². The molecule has 69 heavy (non-hydrogen) atoms. The predicted molar refractivity (Wildman–Crippen MR) is 290 cm³/mol. The molecule has 5 nitrogen and oxygen atoms in total. The van der Waals surface area contributed by atoms with E-state index in [4.69, 9.17) is 9.72 Å². The van der Waals surface area contributed by atoms with Gasteiger partial charge in [-0.05, 0) is 104 Å². The van der Waals surface area contributed by atoms with Crippen molar-refractivity contribution in [3.63, 3.8) is 0 Å². The number of aromatic nitrogens is 2. The summed E-state index contributed by atoms with van der Waals surface area (Å²) in [6, 6.07) is 66.1. The van der Waals surface area contributed by atoms with Gasteiger partial charge in [-0.25, -0.2) is 4.98 Å². The lowest BCUT2D eigenvalue weighted by molar-refractivity contribution is 0.479. The predicted octanol–water partition coefficient (Wildman–Crippen LogP) is 16.5. The minimum atomic E-state index is -0.257.